The fraction of sp³-hybridized carbons (Fsp3) is 0.273. The summed E-state index contributed by atoms with van der Waals surface area (Å²) in [5.41, 5.74) is 5.54. The highest BCUT2D eigenvalue weighted by Gasteiger charge is 2.29. The Balaban J connectivity index is 1.75. The van der Waals surface area contributed by atoms with E-state index in [-0.39, 0.29) is 24.9 Å². The van der Waals surface area contributed by atoms with E-state index in [4.69, 9.17) is 5.11 Å². The lowest BCUT2D eigenvalue weighted by atomic mass is 9.85. The number of hydrogen-bond acceptors (Lipinski definition) is 3. The number of carbonyl (C=O) groups is 1. The third kappa shape index (κ3) is 3.51. The maximum absolute atomic E-state index is 12.3. The van der Waals surface area contributed by atoms with E-state index in [0.29, 0.717) is 13.1 Å². The fourth-order valence-corrected chi connectivity index (χ4v) is 3.82. The largest absolute Gasteiger partial charge is 0.396 e. The van der Waals surface area contributed by atoms with Gasteiger partial charge in [0, 0.05) is 37.2 Å². The molecule has 0 aliphatic carbocycles. The van der Waals surface area contributed by atoms with Crippen LogP contribution in [0.3, 0.4) is 0 Å². The number of nitrogens with zero attached hydrogens (tertiary/aromatic N) is 2. The van der Waals surface area contributed by atoms with Crippen molar-refractivity contribution in [3.63, 3.8) is 0 Å². The minimum atomic E-state index is -0.114. The quantitative estimate of drug-likeness (QED) is 0.734. The monoisotopic (exact) mass is 361 g/mol. The summed E-state index contributed by atoms with van der Waals surface area (Å²) < 4.78 is 0. The zero-order chi connectivity index (χ0) is 18.6. The van der Waals surface area contributed by atoms with E-state index < -0.39 is 0 Å². The molecule has 1 aliphatic heterocycles. The Morgan fingerprint density at radius 1 is 1.07 bits per heavy atom. The summed E-state index contributed by atoms with van der Waals surface area (Å²) in [6.07, 6.45) is 0.930. The van der Waals surface area contributed by atoms with Gasteiger partial charge in [0.05, 0.1) is 18.2 Å². The van der Waals surface area contributed by atoms with Crippen LogP contribution < -0.4 is 0 Å². The second-order valence-corrected chi connectivity index (χ2v) is 6.86. The average molecular weight is 361 g/mol. The smallest absolute Gasteiger partial charge is 0.225 e. The lowest BCUT2D eigenvalue weighted by Crippen LogP contribution is -2.36. The molecule has 27 heavy (non-hydrogen) atoms. The van der Waals surface area contributed by atoms with Crippen molar-refractivity contribution in [2.24, 2.45) is 0 Å². The van der Waals surface area contributed by atoms with Crippen molar-refractivity contribution in [1.29, 1.82) is 0 Å². The van der Waals surface area contributed by atoms with Crippen LogP contribution in [-0.4, -0.2) is 39.3 Å². The van der Waals surface area contributed by atoms with Crippen LogP contribution >= 0.6 is 0 Å². The molecule has 5 nitrogen and oxygen atoms in total. The summed E-state index contributed by atoms with van der Waals surface area (Å²) in [6, 6.07) is 20.7. The van der Waals surface area contributed by atoms with Crippen molar-refractivity contribution in [3.05, 3.63) is 88.7 Å². The van der Waals surface area contributed by atoms with Gasteiger partial charge in [-0.2, -0.15) is 5.10 Å². The highest BCUT2D eigenvalue weighted by atomic mass is 16.3. The van der Waals surface area contributed by atoms with Crippen molar-refractivity contribution in [1.82, 2.24) is 15.1 Å². The van der Waals surface area contributed by atoms with Gasteiger partial charge in [0.1, 0.15) is 0 Å². The van der Waals surface area contributed by atoms with Crippen molar-refractivity contribution in [3.8, 4) is 0 Å². The first-order valence-electron chi connectivity index (χ1n) is 9.32. The molecule has 2 heterocycles. The second-order valence-electron chi connectivity index (χ2n) is 6.86. The number of aromatic nitrogens is 2. The molecule has 0 atom stereocenters. The Hall–Kier alpha value is -2.92. The molecule has 1 amide bonds. The van der Waals surface area contributed by atoms with E-state index in [9.17, 15) is 4.79 Å². The number of hydrogen-bond donors (Lipinski definition) is 2. The number of aliphatic hydroxyl groups is 1. The summed E-state index contributed by atoms with van der Waals surface area (Å²) in [6.45, 7) is 1.09. The molecule has 3 aromatic rings. The van der Waals surface area contributed by atoms with E-state index in [1.165, 1.54) is 11.1 Å². The Labute approximate surface area is 158 Å². The first-order valence-corrected chi connectivity index (χ1v) is 9.32. The number of aromatic amines is 1. The van der Waals surface area contributed by atoms with Crippen LogP contribution in [0, 0.1) is 0 Å². The topological polar surface area (TPSA) is 69.2 Å². The van der Waals surface area contributed by atoms with Gasteiger partial charge in [-0.25, -0.2) is 0 Å². The molecular formula is C22H23N3O2. The predicted molar refractivity (Wildman–Crippen MR) is 103 cm³/mol. The number of aliphatic hydroxyl groups excluding tert-OH is 1. The van der Waals surface area contributed by atoms with Crippen molar-refractivity contribution >= 4 is 5.91 Å². The summed E-state index contributed by atoms with van der Waals surface area (Å²) in [4.78, 5) is 14.1. The molecule has 1 aromatic heterocycles. The van der Waals surface area contributed by atoms with Crippen molar-refractivity contribution < 1.29 is 9.90 Å². The van der Waals surface area contributed by atoms with E-state index in [1.54, 1.807) is 0 Å². The Bertz CT molecular complexity index is 866. The van der Waals surface area contributed by atoms with Crippen LogP contribution in [0.15, 0.2) is 60.7 Å². The van der Waals surface area contributed by atoms with Crippen LogP contribution in [0.2, 0.25) is 0 Å². The summed E-state index contributed by atoms with van der Waals surface area (Å²) >= 11 is 0. The lowest BCUT2D eigenvalue weighted by molar-refractivity contribution is -0.132. The van der Waals surface area contributed by atoms with Crippen molar-refractivity contribution in [2.75, 3.05) is 13.2 Å². The van der Waals surface area contributed by atoms with Crippen LogP contribution in [-0.2, 0) is 17.8 Å². The number of carbonyl (C=O) groups excluding carboxylic acids is 1. The molecular weight excluding hydrogens is 338 g/mol. The molecule has 1 aliphatic rings. The molecule has 0 saturated heterocycles. The van der Waals surface area contributed by atoms with Crippen molar-refractivity contribution in [2.45, 2.75) is 25.3 Å². The lowest BCUT2D eigenvalue weighted by Gasteiger charge is -2.28. The predicted octanol–water partition coefficient (Wildman–Crippen LogP) is 2.86. The molecule has 4 rings (SSSR count). The normalized spacial score (nSPS) is 13.6. The van der Waals surface area contributed by atoms with Gasteiger partial charge in [-0.1, -0.05) is 60.7 Å². The third-order valence-electron chi connectivity index (χ3n) is 5.18. The van der Waals surface area contributed by atoms with Gasteiger partial charge in [-0.3, -0.25) is 9.89 Å². The first-order chi connectivity index (χ1) is 13.3. The molecule has 2 N–H and O–H groups in total. The highest BCUT2D eigenvalue weighted by Crippen LogP contribution is 2.35. The van der Waals surface area contributed by atoms with Crippen LogP contribution in [0.5, 0.6) is 0 Å². The molecule has 2 aromatic carbocycles. The Morgan fingerprint density at radius 3 is 2.30 bits per heavy atom. The highest BCUT2D eigenvalue weighted by molar-refractivity contribution is 5.76. The molecule has 0 unspecified atom stereocenters. The summed E-state index contributed by atoms with van der Waals surface area (Å²) in [7, 11) is 0. The van der Waals surface area contributed by atoms with Gasteiger partial charge in [0.15, 0.2) is 0 Å². The number of fused-ring (bicyclic) bond motifs is 1. The summed E-state index contributed by atoms with van der Waals surface area (Å²) in [5.74, 6) is 0.00608. The summed E-state index contributed by atoms with van der Waals surface area (Å²) in [5, 5.41) is 17.0. The standard InChI is InChI=1S/C22H23N3O2/c26-14-12-20(27)25-13-11-19-18(15-25)22(24-23-19)21(16-7-3-1-4-8-16)17-9-5-2-6-10-17/h1-10,21,26H,11-15H2,(H,23,24). The number of amides is 1. The minimum Gasteiger partial charge on any atom is -0.396 e. The first kappa shape index (κ1) is 17.5. The van der Waals surface area contributed by atoms with E-state index in [2.05, 4.69) is 34.5 Å². The zero-order valence-electron chi connectivity index (χ0n) is 15.1. The van der Waals surface area contributed by atoms with Gasteiger partial charge in [-0.05, 0) is 11.1 Å². The van der Waals surface area contributed by atoms with Gasteiger partial charge in [0.2, 0.25) is 5.91 Å². The molecule has 0 spiro atoms. The molecule has 0 bridgehead atoms. The molecule has 5 heteroatoms. The van der Waals surface area contributed by atoms with E-state index in [0.717, 1.165) is 23.4 Å². The van der Waals surface area contributed by atoms with Crippen LogP contribution in [0.4, 0.5) is 0 Å². The number of H-pyrrole nitrogens is 1. The minimum absolute atomic E-state index is 0.00808. The molecule has 0 saturated carbocycles. The molecule has 138 valence electrons. The SMILES string of the molecule is O=C(CCO)N1CCc2[nH]nc(C(c3ccccc3)c3ccccc3)c2C1. The maximum atomic E-state index is 12.3. The number of nitrogens with one attached hydrogen (secondary N) is 1. The van der Waals surface area contributed by atoms with Gasteiger partial charge in [0.25, 0.3) is 0 Å². The van der Waals surface area contributed by atoms with E-state index in [1.807, 2.05) is 41.3 Å². The number of benzene rings is 2. The van der Waals surface area contributed by atoms with Gasteiger partial charge < -0.3 is 10.0 Å². The fourth-order valence-electron chi connectivity index (χ4n) is 3.82. The molecule has 0 fully saturated rings. The average Bonchev–Trinajstić information content (AvgIpc) is 3.13. The van der Waals surface area contributed by atoms with Crippen LogP contribution in [0.1, 0.15) is 40.4 Å². The Kier molecular flexibility index (Phi) is 5.03. The zero-order valence-corrected chi connectivity index (χ0v) is 15.1. The number of rotatable bonds is 5. The van der Waals surface area contributed by atoms with Crippen LogP contribution in [0.25, 0.3) is 0 Å². The molecule has 0 radical (unpaired) electrons. The van der Waals surface area contributed by atoms with E-state index >= 15 is 0 Å². The third-order valence-corrected chi connectivity index (χ3v) is 5.18. The van der Waals surface area contributed by atoms with Gasteiger partial charge in [-0.15, -0.1) is 0 Å². The maximum Gasteiger partial charge on any atom is 0.225 e. The second kappa shape index (κ2) is 7.76. The Morgan fingerprint density at radius 2 is 1.70 bits per heavy atom. The van der Waals surface area contributed by atoms with Gasteiger partial charge >= 0.3 is 0 Å².